The molecule has 2 saturated heterocycles. The molecule has 2 aromatic rings. The number of amides is 2. The van der Waals surface area contributed by atoms with Crippen LogP contribution < -0.4 is 15.0 Å². The Labute approximate surface area is 258 Å². The summed E-state index contributed by atoms with van der Waals surface area (Å²) in [7, 11) is -2.67. The largest absolute Gasteiger partial charge is 0.494 e. The number of ether oxygens (including phenoxy) is 2. The Bertz CT molecular complexity index is 1430. The van der Waals surface area contributed by atoms with Crippen molar-refractivity contribution in [2.75, 3.05) is 51.0 Å². The lowest BCUT2D eigenvalue weighted by molar-refractivity contribution is -0.118. The van der Waals surface area contributed by atoms with Crippen LogP contribution in [0.5, 0.6) is 5.75 Å². The van der Waals surface area contributed by atoms with Crippen LogP contribution in [0.1, 0.15) is 83.2 Å². The first-order valence-corrected chi connectivity index (χ1v) is 17.1. The number of piperidine rings is 1. The minimum Gasteiger partial charge on any atom is -0.494 e. The molecule has 0 atom stereocenters. The van der Waals surface area contributed by atoms with Gasteiger partial charge in [0.2, 0.25) is 5.91 Å². The number of hydrogen-bond acceptors (Lipinski definition) is 7. The molecule has 0 radical (unpaired) electrons. The highest BCUT2D eigenvalue weighted by molar-refractivity contribution is 7.51. The maximum Gasteiger partial charge on any atom is 0.338 e. The zero-order chi connectivity index (χ0) is 31.5. The highest BCUT2D eigenvalue weighted by Crippen LogP contribution is 2.45. The number of esters is 1. The Morgan fingerprint density at radius 1 is 1.11 bits per heavy atom. The van der Waals surface area contributed by atoms with Gasteiger partial charge in [-0.3, -0.25) is 19.1 Å². The average molecular weight is 628 g/mol. The number of anilines is 1. The van der Waals surface area contributed by atoms with E-state index in [-0.39, 0.29) is 42.3 Å². The van der Waals surface area contributed by atoms with Gasteiger partial charge in [0, 0.05) is 42.9 Å². The van der Waals surface area contributed by atoms with Crippen molar-refractivity contribution < 1.29 is 38.2 Å². The second-order valence-corrected chi connectivity index (χ2v) is 14.0. The molecule has 44 heavy (non-hydrogen) atoms. The number of carbonyl (C=O) groups excluding carboxylic acids is 3. The summed E-state index contributed by atoms with van der Waals surface area (Å²) in [4.78, 5) is 60.2. The Balaban J connectivity index is 1.18. The van der Waals surface area contributed by atoms with E-state index in [0.29, 0.717) is 43.2 Å². The number of hydrogen-bond donors (Lipinski definition) is 3. The quantitative estimate of drug-likeness (QED) is 0.180. The lowest BCUT2D eigenvalue weighted by Crippen LogP contribution is -2.41. The van der Waals surface area contributed by atoms with Gasteiger partial charge in [0.15, 0.2) is 0 Å². The molecule has 3 aliphatic rings. The third kappa shape index (κ3) is 7.69. The Hall–Kier alpha value is -3.24. The predicted octanol–water partition coefficient (Wildman–Crippen LogP) is 4.07. The summed E-state index contributed by atoms with van der Waals surface area (Å²) in [5.41, 5.74) is 3.80. The average Bonchev–Trinajstić information content (AvgIpc) is 3.80. The first-order valence-electron chi connectivity index (χ1n) is 15.3. The van der Waals surface area contributed by atoms with E-state index in [9.17, 15) is 18.9 Å². The van der Waals surface area contributed by atoms with Crippen LogP contribution in [0, 0.1) is 5.41 Å². The van der Waals surface area contributed by atoms with Gasteiger partial charge in [-0.1, -0.05) is 0 Å². The van der Waals surface area contributed by atoms with Gasteiger partial charge in [0.05, 0.1) is 25.4 Å². The van der Waals surface area contributed by atoms with E-state index in [4.69, 9.17) is 19.3 Å². The topological polar surface area (TPSA) is 146 Å². The normalized spacial score (nSPS) is 18.5. The fourth-order valence-corrected chi connectivity index (χ4v) is 6.92. The first-order chi connectivity index (χ1) is 21.0. The monoisotopic (exact) mass is 627 g/mol. The van der Waals surface area contributed by atoms with Gasteiger partial charge < -0.3 is 29.5 Å². The highest BCUT2D eigenvalue weighted by Gasteiger charge is 2.45. The zero-order valence-electron chi connectivity index (χ0n) is 25.4. The van der Waals surface area contributed by atoms with Crippen molar-refractivity contribution in [1.82, 2.24) is 10.2 Å². The molecule has 2 amide bonds. The maximum absolute atomic E-state index is 13.1. The Kier molecular flexibility index (Phi) is 9.80. The van der Waals surface area contributed by atoms with Crippen LogP contribution in [-0.4, -0.2) is 78.5 Å². The molecule has 1 saturated carbocycles. The summed E-state index contributed by atoms with van der Waals surface area (Å²) in [6, 6.07) is 10.9. The van der Waals surface area contributed by atoms with E-state index < -0.39 is 7.60 Å². The molecule has 1 aliphatic carbocycles. The number of nitrogens with zero attached hydrogens (tertiary/aromatic N) is 2. The van der Waals surface area contributed by atoms with Gasteiger partial charge in [-0.05, 0) is 105 Å². The molecule has 1 spiro atoms. The van der Waals surface area contributed by atoms with E-state index in [1.165, 1.54) is 7.11 Å². The zero-order valence-corrected chi connectivity index (χ0v) is 26.3. The van der Waals surface area contributed by atoms with Gasteiger partial charge in [-0.2, -0.15) is 0 Å². The standard InChI is InChI=1S/C32H42N3O8P/c1-3-43-28-18-27(31(38)42-2)26(22-5-6-22)17-24(28)20-34-14-11-32(12-15-34)19-29(36)35(21-32)25-9-7-23(8-10-25)30(37)33-13-4-16-44(39,40)41/h7-10,17-18,22H,3-6,11-16,19-21H2,1-2H3,(H,33,37)(H2,39,40,41). The molecule has 11 nitrogen and oxygen atoms in total. The van der Waals surface area contributed by atoms with Crippen molar-refractivity contribution in [3.63, 3.8) is 0 Å². The summed E-state index contributed by atoms with van der Waals surface area (Å²) < 4.78 is 22.0. The first kappa shape index (κ1) is 32.2. The second kappa shape index (κ2) is 13.4. The third-order valence-electron chi connectivity index (χ3n) is 8.94. The Morgan fingerprint density at radius 3 is 2.43 bits per heavy atom. The van der Waals surface area contributed by atoms with Crippen LogP contribution in [0.2, 0.25) is 0 Å². The predicted molar refractivity (Wildman–Crippen MR) is 165 cm³/mol. The lowest BCUT2D eigenvalue weighted by atomic mass is 9.77. The van der Waals surface area contributed by atoms with Crippen molar-refractivity contribution >= 4 is 31.1 Å². The fraction of sp³-hybridized carbons (Fsp3) is 0.531. The van der Waals surface area contributed by atoms with E-state index in [0.717, 1.165) is 61.3 Å². The smallest absolute Gasteiger partial charge is 0.338 e. The van der Waals surface area contributed by atoms with Crippen molar-refractivity contribution in [2.45, 2.75) is 57.9 Å². The molecule has 0 aromatic heterocycles. The highest BCUT2D eigenvalue weighted by atomic mass is 31.2. The molecule has 3 N–H and O–H groups in total. The second-order valence-electron chi connectivity index (χ2n) is 12.2. The molecule has 12 heteroatoms. The molecule has 2 aromatic carbocycles. The lowest BCUT2D eigenvalue weighted by Gasteiger charge is -2.39. The number of benzene rings is 2. The van der Waals surface area contributed by atoms with Gasteiger partial charge in [0.1, 0.15) is 5.75 Å². The summed E-state index contributed by atoms with van der Waals surface area (Å²) in [6.45, 7) is 5.67. The van der Waals surface area contributed by atoms with E-state index >= 15 is 0 Å². The number of methoxy groups -OCH3 is 1. The van der Waals surface area contributed by atoms with Crippen LogP contribution in [0.25, 0.3) is 0 Å². The molecule has 2 heterocycles. The number of carbonyl (C=O) groups is 3. The van der Waals surface area contributed by atoms with Crippen LogP contribution in [0.4, 0.5) is 5.69 Å². The minimum absolute atomic E-state index is 0.0826. The molecule has 0 bridgehead atoms. The number of nitrogens with one attached hydrogen (secondary N) is 1. The molecule has 5 rings (SSSR count). The fourth-order valence-electron chi connectivity index (χ4n) is 6.35. The molecule has 3 fully saturated rings. The number of rotatable bonds is 12. The Morgan fingerprint density at radius 2 is 1.82 bits per heavy atom. The van der Waals surface area contributed by atoms with Crippen LogP contribution in [-0.2, 0) is 20.6 Å². The van der Waals surface area contributed by atoms with Crippen molar-refractivity contribution in [2.24, 2.45) is 5.41 Å². The summed E-state index contributed by atoms with van der Waals surface area (Å²) in [5.74, 6) is 0.541. The van der Waals surface area contributed by atoms with Crippen molar-refractivity contribution in [3.05, 3.63) is 58.7 Å². The van der Waals surface area contributed by atoms with Crippen LogP contribution in [0.3, 0.4) is 0 Å². The molecular formula is C32H42N3O8P. The third-order valence-corrected chi connectivity index (χ3v) is 9.84. The van der Waals surface area contributed by atoms with Gasteiger partial charge in [-0.15, -0.1) is 0 Å². The SMILES string of the molecule is CCOc1cc(C(=O)OC)c(C2CC2)cc1CN1CCC2(CC1)CC(=O)N(c1ccc(C(=O)NCCCP(=O)(O)O)cc1)C2. The van der Waals surface area contributed by atoms with E-state index in [1.54, 1.807) is 24.3 Å². The molecule has 0 unspecified atom stereocenters. The molecule has 2 aliphatic heterocycles. The van der Waals surface area contributed by atoms with E-state index in [1.807, 2.05) is 17.9 Å². The van der Waals surface area contributed by atoms with E-state index in [2.05, 4.69) is 16.3 Å². The summed E-state index contributed by atoms with van der Waals surface area (Å²) in [5, 5.41) is 2.67. The number of likely N-dealkylation sites (tertiary alicyclic amines) is 1. The van der Waals surface area contributed by atoms with Crippen LogP contribution in [0.15, 0.2) is 36.4 Å². The summed E-state index contributed by atoms with van der Waals surface area (Å²) >= 11 is 0. The van der Waals surface area contributed by atoms with Crippen molar-refractivity contribution in [1.29, 1.82) is 0 Å². The van der Waals surface area contributed by atoms with Crippen molar-refractivity contribution in [3.8, 4) is 5.75 Å². The van der Waals surface area contributed by atoms with Crippen LogP contribution >= 0.6 is 7.60 Å². The minimum atomic E-state index is -4.08. The molecule has 238 valence electrons. The van der Waals surface area contributed by atoms with Gasteiger partial charge >= 0.3 is 13.6 Å². The van der Waals surface area contributed by atoms with Gasteiger partial charge in [0.25, 0.3) is 5.91 Å². The molecular weight excluding hydrogens is 585 g/mol. The summed E-state index contributed by atoms with van der Waals surface area (Å²) in [6.07, 6.45) is 4.34. The van der Waals surface area contributed by atoms with Gasteiger partial charge in [-0.25, -0.2) is 4.79 Å². The maximum atomic E-state index is 13.1.